The minimum Gasteiger partial charge on any atom is -0.496 e. The Hall–Kier alpha value is -2.36. The highest BCUT2D eigenvalue weighted by atomic mass is 16.5. The van der Waals surface area contributed by atoms with Gasteiger partial charge in [0.25, 0.3) is 0 Å². The number of hydrogen-bond acceptors (Lipinski definition) is 4. The Labute approximate surface area is 125 Å². The number of rotatable bonds is 7. The van der Waals surface area contributed by atoms with Crippen LogP contribution in [0.3, 0.4) is 0 Å². The molecule has 0 radical (unpaired) electrons. The van der Waals surface area contributed by atoms with Crippen molar-refractivity contribution in [1.82, 2.24) is 0 Å². The summed E-state index contributed by atoms with van der Waals surface area (Å²) in [7, 11) is 1.69. The van der Waals surface area contributed by atoms with Gasteiger partial charge >= 0.3 is 0 Å². The Morgan fingerprint density at radius 3 is 2.57 bits per heavy atom. The Kier molecular flexibility index (Phi) is 5.32. The average molecular weight is 286 g/mol. The third-order valence-electron chi connectivity index (χ3n) is 3.27. The predicted octanol–water partition coefficient (Wildman–Crippen LogP) is 3.33. The van der Waals surface area contributed by atoms with E-state index >= 15 is 0 Å². The van der Waals surface area contributed by atoms with Gasteiger partial charge in [-0.05, 0) is 37.1 Å². The lowest BCUT2D eigenvalue weighted by atomic mass is 10.1. The summed E-state index contributed by atoms with van der Waals surface area (Å²) in [5.74, 6) is 1.63. The standard InChI is InChI=1S/C17H22N2O2/c1-3-21-16-10-6-8-14(17(16)18)19-12-11-13-7-4-5-9-15(13)20-2/h4-10,19H,3,11-12,18H2,1-2H3. The van der Waals surface area contributed by atoms with Crippen molar-refractivity contribution in [3.8, 4) is 11.5 Å². The van der Waals surface area contributed by atoms with Crippen molar-refractivity contribution in [3.63, 3.8) is 0 Å². The van der Waals surface area contributed by atoms with E-state index in [1.165, 1.54) is 5.56 Å². The predicted molar refractivity (Wildman–Crippen MR) is 87.2 cm³/mol. The van der Waals surface area contributed by atoms with E-state index in [0.29, 0.717) is 12.3 Å². The van der Waals surface area contributed by atoms with Crippen LogP contribution in [0.2, 0.25) is 0 Å². The van der Waals surface area contributed by atoms with Gasteiger partial charge < -0.3 is 20.5 Å². The summed E-state index contributed by atoms with van der Waals surface area (Å²) < 4.78 is 10.8. The van der Waals surface area contributed by atoms with Gasteiger partial charge in [0.1, 0.15) is 11.5 Å². The number of nitrogen functional groups attached to an aromatic ring is 1. The SMILES string of the molecule is CCOc1cccc(NCCc2ccccc2OC)c1N. The first-order valence-corrected chi connectivity index (χ1v) is 7.13. The van der Waals surface area contributed by atoms with Gasteiger partial charge in [0.05, 0.1) is 25.1 Å². The molecule has 0 saturated heterocycles. The molecule has 4 heteroatoms. The summed E-state index contributed by atoms with van der Waals surface area (Å²) in [4.78, 5) is 0. The highest BCUT2D eigenvalue weighted by Crippen LogP contribution is 2.29. The Morgan fingerprint density at radius 1 is 1.05 bits per heavy atom. The molecule has 0 amide bonds. The van der Waals surface area contributed by atoms with Crippen LogP contribution in [0, 0.1) is 0 Å². The third kappa shape index (κ3) is 3.81. The normalized spacial score (nSPS) is 10.2. The number of anilines is 2. The van der Waals surface area contributed by atoms with Crippen LogP contribution in [0.15, 0.2) is 42.5 Å². The second-order valence-electron chi connectivity index (χ2n) is 4.64. The zero-order valence-electron chi connectivity index (χ0n) is 12.6. The monoisotopic (exact) mass is 286 g/mol. The molecule has 2 aromatic rings. The van der Waals surface area contributed by atoms with E-state index in [4.69, 9.17) is 15.2 Å². The summed E-state index contributed by atoms with van der Waals surface area (Å²) in [5.41, 5.74) is 8.82. The summed E-state index contributed by atoms with van der Waals surface area (Å²) in [6, 6.07) is 13.8. The first kappa shape index (κ1) is 15.0. The van der Waals surface area contributed by atoms with Crippen LogP contribution in [-0.2, 0) is 6.42 Å². The lowest BCUT2D eigenvalue weighted by molar-refractivity contribution is 0.342. The quantitative estimate of drug-likeness (QED) is 0.767. The van der Waals surface area contributed by atoms with Gasteiger partial charge in [-0.1, -0.05) is 24.3 Å². The maximum absolute atomic E-state index is 6.09. The van der Waals surface area contributed by atoms with Gasteiger partial charge in [-0.3, -0.25) is 0 Å². The second kappa shape index (κ2) is 7.43. The molecule has 0 aliphatic rings. The van der Waals surface area contributed by atoms with Crippen LogP contribution >= 0.6 is 0 Å². The molecule has 0 fully saturated rings. The van der Waals surface area contributed by atoms with Crippen LogP contribution < -0.4 is 20.5 Å². The van der Waals surface area contributed by atoms with Gasteiger partial charge in [-0.15, -0.1) is 0 Å². The fraction of sp³-hybridized carbons (Fsp3) is 0.294. The van der Waals surface area contributed by atoms with E-state index in [0.717, 1.165) is 30.2 Å². The third-order valence-corrected chi connectivity index (χ3v) is 3.27. The molecule has 21 heavy (non-hydrogen) atoms. The molecule has 0 bridgehead atoms. The summed E-state index contributed by atoms with van der Waals surface area (Å²) in [6.45, 7) is 3.33. The van der Waals surface area contributed by atoms with E-state index in [1.807, 2.05) is 43.3 Å². The number of para-hydroxylation sites is 2. The molecule has 0 heterocycles. The number of hydrogen-bond donors (Lipinski definition) is 2. The molecular formula is C17H22N2O2. The van der Waals surface area contributed by atoms with E-state index < -0.39 is 0 Å². The molecule has 0 aliphatic carbocycles. The van der Waals surface area contributed by atoms with E-state index in [1.54, 1.807) is 7.11 Å². The first-order chi connectivity index (χ1) is 10.3. The van der Waals surface area contributed by atoms with Crippen LogP contribution in [0.25, 0.3) is 0 Å². The van der Waals surface area contributed by atoms with Crippen LogP contribution in [0.1, 0.15) is 12.5 Å². The topological polar surface area (TPSA) is 56.5 Å². The fourth-order valence-corrected chi connectivity index (χ4v) is 2.22. The molecule has 0 atom stereocenters. The summed E-state index contributed by atoms with van der Waals surface area (Å²) in [5, 5.41) is 3.35. The first-order valence-electron chi connectivity index (χ1n) is 7.13. The smallest absolute Gasteiger partial charge is 0.144 e. The molecule has 0 aromatic heterocycles. The lowest BCUT2D eigenvalue weighted by Crippen LogP contribution is -2.08. The van der Waals surface area contributed by atoms with Gasteiger partial charge in [0, 0.05) is 6.54 Å². The number of nitrogens with one attached hydrogen (secondary N) is 1. The molecule has 0 spiro atoms. The van der Waals surface area contributed by atoms with Crippen LogP contribution in [-0.4, -0.2) is 20.3 Å². The zero-order valence-corrected chi connectivity index (χ0v) is 12.6. The van der Waals surface area contributed by atoms with E-state index in [9.17, 15) is 0 Å². The minimum atomic E-state index is 0.606. The van der Waals surface area contributed by atoms with Crippen LogP contribution in [0.4, 0.5) is 11.4 Å². The minimum absolute atomic E-state index is 0.606. The molecule has 0 unspecified atom stereocenters. The van der Waals surface area contributed by atoms with Gasteiger partial charge in [0.15, 0.2) is 0 Å². The number of ether oxygens (including phenoxy) is 2. The molecule has 2 rings (SSSR count). The lowest BCUT2D eigenvalue weighted by Gasteiger charge is -2.14. The number of methoxy groups -OCH3 is 1. The average Bonchev–Trinajstić information content (AvgIpc) is 2.51. The Morgan fingerprint density at radius 2 is 1.81 bits per heavy atom. The highest BCUT2D eigenvalue weighted by Gasteiger charge is 2.06. The second-order valence-corrected chi connectivity index (χ2v) is 4.64. The molecular weight excluding hydrogens is 264 g/mol. The maximum atomic E-state index is 6.09. The summed E-state index contributed by atoms with van der Waals surface area (Å²) in [6.07, 6.45) is 0.863. The largest absolute Gasteiger partial charge is 0.496 e. The Balaban J connectivity index is 1.99. The van der Waals surface area contributed by atoms with Gasteiger partial charge in [-0.25, -0.2) is 0 Å². The van der Waals surface area contributed by atoms with Crippen molar-refractivity contribution in [1.29, 1.82) is 0 Å². The molecule has 0 aliphatic heterocycles. The van der Waals surface area contributed by atoms with Crippen LogP contribution in [0.5, 0.6) is 11.5 Å². The highest BCUT2D eigenvalue weighted by molar-refractivity contribution is 5.72. The molecule has 112 valence electrons. The molecule has 3 N–H and O–H groups in total. The Bertz CT molecular complexity index is 585. The fourth-order valence-electron chi connectivity index (χ4n) is 2.22. The van der Waals surface area contributed by atoms with Crippen molar-refractivity contribution in [2.24, 2.45) is 0 Å². The molecule has 4 nitrogen and oxygen atoms in total. The maximum Gasteiger partial charge on any atom is 0.144 e. The molecule has 2 aromatic carbocycles. The van der Waals surface area contributed by atoms with Crippen molar-refractivity contribution in [3.05, 3.63) is 48.0 Å². The molecule has 0 saturated carbocycles. The number of nitrogens with two attached hydrogens (primary N) is 1. The van der Waals surface area contributed by atoms with Crippen molar-refractivity contribution in [2.75, 3.05) is 31.3 Å². The number of benzene rings is 2. The van der Waals surface area contributed by atoms with Gasteiger partial charge in [0.2, 0.25) is 0 Å². The zero-order chi connectivity index (χ0) is 15.1. The van der Waals surface area contributed by atoms with Crippen molar-refractivity contribution >= 4 is 11.4 Å². The van der Waals surface area contributed by atoms with Crippen molar-refractivity contribution < 1.29 is 9.47 Å². The van der Waals surface area contributed by atoms with E-state index in [2.05, 4.69) is 11.4 Å². The summed E-state index contributed by atoms with van der Waals surface area (Å²) >= 11 is 0. The van der Waals surface area contributed by atoms with Crippen molar-refractivity contribution in [2.45, 2.75) is 13.3 Å². The van der Waals surface area contributed by atoms with E-state index in [-0.39, 0.29) is 0 Å². The van der Waals surface area contributed by atoms with Gasteiger partial charge in [-0.2, -0.15) is 0 Å².